The lowest BCUT2D eigenvalue weighted by Crippen LogP contribution is -2.48. The van der Waals surface area contributed by atoms with E-state index in [2.05, 4.69) is 11.7 Å². The van der Waals surface area contributed by atoms with E-state index >= 15 is 0 Å². The van der Waals surface area contributed by atoms with E-state index in [1.807, 2.05) is 0 Å². The van der Waals surface area contributed by atoms with Gasteiger partial charge in [-0.2, -0.15) is 4.31 Å². The number of ether oxygens (including phenoxy) is 1. The lowest BCUT2D eigenvalue weighted by molar-refractivity contribution is 0.0425. The number of nitrogens with zero attached hydrogens (tertiary/aromatic N) is 2. The monoisotopic (exact) mass is 220 g/mol. The molecule has 1 heterocycles. The Morgan fingerprint density at radius 1 is 1.57 bits per heavy atom. The van der Waals surface area contributed by atoms with Crippen molar-refractivity contribution in [1.29, 1.82) is 0 Å². The maximum absolute atomic E-state index is 11.3. The molecule has 2 atom stereocenters. The molecule has 0 amide bonds. The van der Waals surface area contributed by atoms with Crippen LogP contribution in [0.4, 0.5) is 0 Å². The summed E-state index contributed by atoms with van der Waals surface area (Å²) in [6.07, 6.45) is 1.71. The van der Waals surface area contributed by atoms with Gasteiger partial charge in [0.2, 0.25) is 10.0 Å². The fraction of sp³-hybridized carbons (Fsp3) is 0.875. The zero-order chi connectivity index (χ0) is 10.8. The SMILES string of the molecule is C=N[C@@H]1CCN(S(C)(=O)=O)C[C@H]1OC. The molecule has 1 aliphatic rings. The first kappa shape index (κ1) is 11.6. The van der Waals surface area contributed by atoms with Crippen LogP contribution in [0.1, 0.15) is 6.42 Å². The number of sulfonamides is 1. The van der Waals surface area contributed by atoms with E-state index in [1.54, 1.807) is 7.11 Å². The van der Waals surface area contributed by atoms with Crippen LogP contribution in [0.5, 0.6) is 0 Å². The second-order valence-corrected chi connectivity index (χ2v) is 5.42. The molecule has 0 aliphatic carbocycles. The second kappa shape index (κ2) is 4.37. The third-order valence-corrected chi connectivity index (χ3v) is 3.76. The molecule has 0 bridgehead atoms. The van der Waals surface area contributed by atoms with Crippen molar-refractivity contribution in [2.75, 3.05) is 26.5 Å². The van der Waals surface area contributed by atoms with Gasteiger partial charge in [0.05, 0.1) is 18.4 Å². The molecule has 0 unspecified atom stereocenters. The molecule has 0 N–H and O–H groups in total. The molecule has 1 fully saturated rings. The number of methoxy groups -OCH3 is 1. The lowest BCUT2D eigenvalue weighted by atomic mass is 10.0. The number of hydrogen-bond acceptors (Lipinski definition) is 4. The highest BCUT2D eigenvalue weighted by molar-refractivity contribution is 7.88. The second-order valence-electron chi connectivity index (χ2n) is 3.43. The molecular formula is C8H16N2O3S. The Bertz CT molecular complexity index is 302. The van der Waals surface area contributed by atoms with E-state index in [0.717, 1.165) is 0 Å². The summed E-state index contributed by atoms with van der Waals surface area (Å²) in [5, 5.41) is 0. The summed E-state index contributed by atoms with van der Waals surface area (Å²) in [4.78, 5) is 3.92. The van der Waals surface area contributed by atoms with Crippen LogP contribution in [0, 0.1) is 0 Å². The summed E-state index contributed by atoms with van der Waals surface area (Å²) < 4.78 is 29.1. The van der Waals surface area contributed by atoms with Gasteiger partial charge in [0.15, 0.2) is 0 Å². The van der Waals surface area contributed by atoms with Crippen molar-refractivity contribution in [2.24, 2.45) is 4.99 Å². The number of hydrogen-bond donors (Lipinski definition) is 0. The maximum Gasteiger partial charge on any atom is 0.211 e. The molecule has 1 aliphatic heterocycles. The summed E-state index contributed by atoms with van der Waals surface area (Å²) in [5.41, 5.74) is 0. The van der Waals surface area contributed by atoms with Crippen molar-refractivity contribution in [2.45, 2.75) is 18.6 Å². The van der Waals surface area contributed by atoms with Crippen LogP contribution < -0.4 is 0 Å². The highest BCUT2D eigenvalue weighted by Crippen LogP contribution is 2.18. The third-order valence-electron chi connectivity index (χ3n) is 2.49. The van der Waals surface area contributed by atoms with Crippen molar-refractivity contribution in [1.82, 2.24) is 4.31 Å². The van der Waals surface area contributed by atoms with Crippen molar-refractivity contribution < 1.29 is 13.2 Å². The summed E-state index contributed by atoms with van der Waals surface area (Å²) >= 11 is 0. The van der Waals surface area contributed by atoms with Gasteiger partial charge in [0, 0.05) is 20.2 Å². The Labute approximate surface area is 84.8 Å². The first-order valence-electron chi connectivity index (χ1n) is 4.42. The van der Waals surface area contributed by atoms with E-state index < -0.39 is 10.0 Å². The van der Waals surface area contributed by atoms with Gasteiger partial charge in [-0.15, -0.1) is 0 Å². The average molecular weight is 220 g/mol. The van der Waals surface area contributed by atoms with Crippen LogP contribution in [0.25, 0.3) is 0 Å². The van der Waals surface area contributed by atoms with Gasteiger partial charge < -0.3 is 4.74 Å². The molecule has 82 valence electrons. The fourth-order valence-electron chi connectivity index (χ4n) is 1.62. The number of rotatable bonds is 3. The zero-order valence-corrected chi connectivity index (χ0v) is 9.33. The molecule has 1 rings (SSSR count). The van der Waals surface area contributed by atoms with Crippen LogP contribution >= 0.6 is 0 Å². The Morgan fingerprint density at radius 2 is 2.21 bits per heavy atom. The highest BCUT2D eigenvalue weighted by Gasteiger charge is 2.32. The molecule has 0 radical (unpaired) electrons. The summed E-state index contributed by atoms with van der Waals surface area (Å²) in [7, 11) is -1.55. The molecule has 1 saturated heterocycles. The van der Waals surface area contributed by atoms with Gasteiger partial charge in [-0.1, -0.05) is 0 Å². The minimum atomic E-state index is -3.11. The Balaban J connectivity index is 2.71. The first-order valence-corrected chi connectivity index (χ1v) is 6.27. The maximum atomic E-state index is 11.3. The largest absolute Gasteiger partial charge is 0.378 e. The van der Waals surface area contributed by atoms with E-state index in [1.165, 1.54) is 10.6 Å². The predicted molar refractivity (Wildman–Crippen MR) is 55.2 cm³/mol. The minimum Gasteiger partial charge on any atom is -0.378 e. The highest BCUT2D eigenvalue weighted by atomic mass is 32.2. The minimum absolute atomic E-state index is 0.0120. The molecule has 5 nitrogen and oxygen atoms in total. The molecule has 6 heteroatoms. The predicted octanol–water partition coefficient (Wildman–Crippen LogP) is -0.264. The van der Waals surface area contributed by atoms with Gasteiger partial charge >= 0.3 is 0 Å². The van der Waals surface area contributed by atoms with Crippen LogP contribution in [0.3, 0.4) is 0 Å². The third kappa shape index (κ3) is 2.52. The normalized spacial score (nSPS) is 30.1. The molecule has 0 saturated carbocycles. The smallest absolute Gasteiger partial charge is 0.211 e. The molecule has 0 aromatic carbocycles. The fourth-order valence-corrected chi connectivity index (χ4v) is 2.47. The molecular weight excluding hydrogens is 204 g/mol. The topological polar surface area (TPSA) is 59.0 Å². The molecule has 0 aromatic heterocycles. The van der Waals surface area contributed by atoms with E-state index in [4.69, 9.17) is 4.74 Å². The Kier molecular flexibility index (Phi) is 3.63. The summed E-state index contributed by atoms with van der Waals surface area (Å²) in [6.45, 7) is 4.35. The van der Waals surface area contributed by atoms with Gasteiger partial charge in [-0.05, 0) is 13.1 Å². The molecule has 0 spiro atoms. The van der Waals surface area contributed by atoms with Crippen molar-refractivity contribution in [3.8, 4) is 0 Å². The van der Waals surface area contributed by atoms with E-state index in [-0.39, 0.29) is 12.1 Å². The van der Waals surface area contributed by atoms with Crippen LogP contribution in [-0.4, -0.2) is 58.0 Å². The van der Waals surface area contributed by atoms with Crippen molar-refractivity contribution in [3.05, 3.63) is 0 Å². The lowest BCUT2D eigenvalue weighted by Gasteiger charge is -2.34. The van der Waals surface area contributed by atoms with Crippen molar-refractivity contribution in [3.63, 3.8) is 0 Å². The zero-order valence-electron chi connectivity index (χ0n) is 8.51. The van der Waals surface area contributed by atoms with Gasteiger partial charge in [0.1, 0.15) is 0 Å². The van der Waals surface area contributed by atoms with Crippen molar-refractivity contribution >= 4 is 16.7 Å². The van der Waals surface area contributed by atoms with Gasteiger partial charge in [-0.3, -0.25) is 4.99 Å². The van der Waals surface area contributed by atoms with E-state index in [9.17, 15) is 8.42 Å². The molecule has 0 aromatic rings. The quantitative estimate of drug-likeness (QED) is 0.615. The Hall–Kier alpha value is -0.460. The summed E-state index contributed by atoms with van der Waals surface area (Å²) in [6, 6.07) is 0.0120. The van der Waals surface area contributed by atoms with Crippen LogP contribution in [0.15, 0.2) is 4.99 Å². The van der Waals surface area contributed by atoms with Gasteiger partial charge in [0.25, 0.3) is 0 Å². The molecule has 14 heavy (non-hydrogen) atoms. The standard InChI is InChI=1S/C8H16N2O3S/c1-9-7-4-5-10(14(3,11)12)6-8(7)13-2/h7-8H,1,4-6H2,2-3H3/t7-,8-/m1/s1. The van der Waals surface area contributed by atoms with Gasteiger partial charge in [-0.25, -0.2) is 8.42 Å². The first-order chi connectivity index (χ1) is 6.49. The summed E-state index contributed by atoms with van der Waals surface area (Å²) in [5.74, 6) is 0. The van der Waals surface area contributed by atoms with Crippen LogP contribution in [0.2, 0.25) is 0 Å². The Morgan fingerprint density at radius 3 is 2.64 bits per heavy atom. The van der Waals surface area contributed by atoms with E-state index in [0.29, 0.717) is 19.5 Å². The number of piperidine rings is 1. The van der Waals surface area contributed by atoms with Crippen LogP contribution in [-0.2, 0) is 14.8 Å². The number of aliphatic imine (C=N–C) groups is 1. The average Bonchev–Trinajstić information content (AvgIpc) is 2.15.